The van der Waals surface area contributed by atoms with Gasteiger partial charge in [-0.25, -0.2) is 4.39 Å². The highest BCUT2D eigenvalue weighted by Gasteiger charge is 2.17. The molecule has 1 amide bonds. The summed E-state index contributed by atoms with van der Waals surface area (Å²) in [5, 5.41) is 12.1. The Morgan fingerprint density at radius 1 is 1.09 bits per heavy atom. The standard InChI is InChI=1S/C18H19FN2O2/c19-16-3-1-2-4-17(16)20-18(23)13-5-7-14(8-6-13)21-11-9-15(22)10-12-21/h1-8,15,22H,9-12H2,(H,20,23). The van der Waals surface area contributed by atoms with Crippen LogP contribution in [0.15, 0.2) is 48.5 Å². The van der Waals surface area contributed by atoms with Crippen molar-refractivity contribution in [1.29, 1.82) is 0 Å². The Balaban J connectivity index is 1.67. The maximum Gasteiger partial charge on any atom is 0.255 e. The van der Waals surface area contributed by atoms with Gasteiger partial charge in [0.2, 0.25) is 0 Å². The lowest BCUT2D eigenvalue weighted by Crippen LogP contribution is -2.35. The highest BCUT2D eigenvalue weighted by Crippen LogP contribution is 2.21. The van der Waals surface area contributed by atoms with Crippen LogP contribution in [0.4, 0.5) is 15.8 Å². The normalized spacial score (nSPS) is 15.5. The van der Waals surface area contributed by atoms with Crippen molar-refractivity contribution < 1.29 is 14.3 Å². The number of carbonyl (C=O) groups excluding carboxylic acids is 1. The minimum atomic E-state index is -0.454. The molecule has 1 saturated heterocycles. The molecule has 1 fully saturated rings. The quantitative estimate of drug-likeness (QED) is 0.915. The molecule has 2 N–H and O–H groups in total. The molecule has 0 aromatic heterocycles. The van der Waals surface area contributed by atoms with Gasteiger partial charge in [0.15, 0.2) is 0 Å². The molecule has 1 aliphatic rings. The first-order chi connectivity index (χ1) is 11.1. The molecule has 0 radical (unpaired) electrons. The van der Waals surface area contributed by atoms with E-state index >= 15 is 0 Å². The van der Waals surface area contributed by atoms with E-state index in [0.29, 0.717) is 5.56 Å². The topological polar surface area (TPSA) is 52.6 Å². The fraction of sp³-hybridized carbons (Fsp3) is 0.278. The van der Waals surface area contributed by atoms with Gasteiger partial charge >= 0.3 is 0 Å². The number of rotatable bonds is 3. The van der Waals surface area contributed by atoms with E-state index in [1.807, 2.05) is 12.1 Å². The molecule has 5 heteroatoms. The van der Waals surface area contributed by atoms with Gasteiger partial charge in [-0.2, -0.15) is 0 Å². The number of piperidine rings is 1. The van der Waals surface area contributed by atoms with E-state index in [0.717, 1.165) is 31.6 Å². The average molecular weight is 314 g/mol. The number of para-hydroxylation sites is 1. The predicted octanol–water partition coefficient (Wildman–Crippen LogP) is 3.04. The maximum absolute atomic E-state index is 13.6. The number of aliphatic hydroxyl groups is 1. The van der Waals surface area contributed by atoms with Crippen molar-refractivity contribution in [2.24, 2.45) is 0 Å². The lowest BCUT2D eigenvalue weighted by molar-refractivity contribution is 0.102. The zero-order valence-corrected chi connectivity index (χ0v) is 12.7. The van der Waals surface area contributed by atoms with Gasteiger partial charge in [-0.05, 0) is 49.2 Å². The Kier molecular flexibility index (Phi) is 4.57. The molecule has 120 valence electrons. The molecular weight excluding hydrogens is 295 g/mol. The smallest absolute Gasteiger partial charge is 0.255 e. The van der Waals surface area contributed by atoms with Gasteiger partial charge in [0.1, 0.15) is 5.82 Å². The van der Waals surface area contributed by atoms with Gasteiger partial charge in [0.25, 0.3) is 5.91 Å². The number of halogens is 1. The third-order valence-corrected chi connectivity index (χ3v) is 4.08. The third kappa shape index (κ3) is 3.68. The molecule has 0 saturated carbocycles. The largest absolute Gasteiger partial charge is 0.393 e. The van der Waals surface area contributed by atoms with Gasteiger partial charge in [0.05, 0.1) is 11.8 Å². The first-order valence-electron chi connectivity index (χ1n) is 7.72. The Hall–Kier alpha value is -2.40. The van der Waals surface area contributed by atoms with Crippen molar-refractivity contribution in [2.75, 3.05) is 23.3 Å². The first-order valence-corrected chi connectivity index (χ1v) is 7.72. The van der Waals surface area contributed by atoms with E-state index in [1.165, 1.54) is 12.1 Å². The van der Waals surface area contributed by atoms with Crippen molar-refractivity contribution in [3.8, 4) is 0 Å². The number of hydrogen-bond acceptors (Lipinski definition) is 3. The third-order valence-electron chi connectivity index (χ3n) is 4.08. The van der Waals surface area contributed by atoms with Gasteiger partial charge in [0, 0.05) is 24.3 Å². The van der Waals surface area contributed by atoms with E-state index in [1.54, 1.807) is 24.3 Å². The zero-order chi connectivity index (χ0) is 16.2. The summed E-state index contributed by atoms with van der Waals surface area (Å²) >= 11 is 0. The molecule has 23 heavy (non-hydrogen) atoms. The minimum Gasteiger partial charge on any atom is -0.393 e. The number of nitrogens with zero attached hydrogens (tertiary/aromatic N) is 1. The van der Waals surface area contributed by atoms with Crippen molar-refractivity contribution in [3.05, 3.63) is 59.9 Å². The average Bonchev–Trinajstić information content (AvgIpc) is 2.58. The molecule has 2 aromatic carbocycles. The number of benzene rings is 2. The van der Waals surface area contributed by atoms with Gasteiger partial charge < -0.3 is 15.3 Å². The molecule has 0 spiro atoms. The highest BCUT2D eigenvalue weighted by atomic mass is 19.1. The summed E-state index contributed by atoms with van der Waals surface area (Å²) < 4.78 is 13.6. The van der Waals surface area contributed by atoms with Crippen LogP contribution in [0.1, 0.15) is 23.2 Å². The van der Waals surface area contributed by atoms with Crippen LogP contribution < -0.4 is 10.2 Å². The van der Waals surface area contributed by atoms with Crippen LogP contribution in [0.3, 0.4) is 0 Å². The summed E-state index contributed by atoms with van der Waals surface area (Å²) in [6.07, 6.45) is 1.31. The van der Waals surface area contributed by atoms with Crippen LogP contribution in [-0.2, 0) is 0 Å². The second-order valence-electron chi connectivity index (χ2n) is 5.70. The number of amides is 1. The van der Waals surface area contributed by atoms with Crippen molar-refractivity contribution in [2.45, 2.75) is 18.9 Å². The number of hydrogen-bond donors (Lipinski definition) is 2. The van der Waals surface area contributed by atoms with Crippen LogP contribution in [0.25, 0.3) is 0 Å². The van der Waals surface area contributed by atoms with Crippen molar-refractivity contribution >= 4 is 17.3 Å². The fourth-order valence-corrected chi connectivity index (χ4v) is 2.70. The highest BCUT2D eigenvalue weighted by molar-refractivity contribution is 6.04. The van der Waals surface area contributed by atoms with Crippen LogP contribution in [0.2, 0.25) is 0 Å². The Morgan fingerprint density at radius 2 is 1.74 bits per heavy atom. The van der Waals surface area contributed by atoms with Gasteiger partial charge in [-0.3, -0.25) is 4.79 Å². The number of anilines is 2. The predicted molar refractivity (Wildman–Crippen MR) is 88.2 cm³/mol. The molecule has 0 atom stereocenters. The summed E-state index contributed by atoms with van der Waals surface area (Å²) in [4.78, 5) is 14.4. The Labute approximate surface area is 134 Å². The minimum absolute atomic E-state index is 0.173. The van der Waals surface area contributed by atoms with Crippen molar-refractivity contribution in [1.82, 2.24) is 0 Å². The SMILES string of the molecule is O=C(Nc1ccccc1F)c1ccc(N2CCC(O)CC2)cc1. The lowest BCUT2D eigenvalue weighted by Gasteiger charge is -2.31. The van der Waals surface area contributed by atoms with Gasteiger partial charge in [-0.15, -0.1) is 0 Å². The number of carbonyl (C=O) groups is 1. The Bertz CT molecular complexity index is 680. The molecule has 4 nitrogen and oxygen atoms in total. The maximum atomic E-state index is 13.6. The first kappa shape index (κ1) is 15.5. The van der Waals surface area contributed by atoms with Crippen LogP contribution in [0, 0.1) is 5.82 Å². The monoisotopic (exact) mass is 314 g/mol. The zero-order valence-electron chi connectivity index (χ0n) is 12.7. The molecule has 0 bridgehead atoms. The fourth-order valence-electron chi connectivity index (χ4n) is 2.70. The second-order valence-corrected chi connectivity index (χ2v) is 5.70. The van der Waals surface area contributed by atoms with Crippen molar-refractivity contribution in [3.63, 3.8) is 0 Å². The molecule has 0 aliphatic carbocycles. The van der Waals surface area contributed by atoms with Crippen LogP contribution >= 0.6 is 0 Å². The van der Waals surface area contributed by atoms with E-state index in [9.17, 15) is 14.3 Å². The summed E-state index contributed by atoms with van der Waals surface area (Å²) in [6, 6.07) is 13.3. The van der Waals surface area contributed by atoms with Crippen LogP contribution in [0.5, 0.6) is 0 Å². The molecule has 3 rings (SSSR count). The van der Waals surface area contributed by atoms with E-state index < -0.39 is 5.82 Å². The van der Waals surface area contributed by atoms with E-state index in [4.69, 9.17) is 0 Å². The second kappa shape index (κ2) is 6.79. The summed E-state index contributed by atoms with van der Waals surface area (Å²) in [7, 11) is 0. The lowest BCUT2D eigenvalue weighted by atomic mass is 10.1. The molecule has 0 unspecified atom stereocenters. The summed E-state index contributed by atoms with van der Waals surface area (Å²) in [6.45, 7) is 1.61. The van der Waals surface area contributed by atoms with Gasteiger partial charge in [-0.1, -0.05) is 12.1 Å². The molecular formula is C18H19FN2O2. The molecule has 1 aliphatic heterocycles. The van der Waals surface area contributed by atoms with E-state index in [-0.39, 0.29) is 17.7 Å². The molecule has 1 heterocycles. The Morgan fingerprint density at radius 3 is 2.39 bits per heavy atom. The number of nitrogens with one attached hydrogen (secondary N) is 1. The van der Waals surface area contributed by atoms with Crippen LogP contribution in [-0.4, -0.2) is 30.2 Å². The molecule has 2 aromatic rings. The summed E-state index contributed by atoms with van der Waals surface area (Å²) in [5.74, 6) is -0.792. The summed E-state index contributed by atoms with van der Waals surface area (Å²) in [5.41, 5.74) is 1.68. The van der Waals surface area contributed by atoms with E-state index in [2.05, 4.69) is 10.2 Å². The number of aliphatic hydroxyl groups excluding tert-OH is 1.